The maximum Gasteiger partial charge on any atom is 0.145 e. The Balaban J connectivity index is 2.22. The number of aryl methyl sites for hydroxylation is 1. The molecule has 0 aromatic heterocycles. The fraction of sp³-hybridized carbons (Fsp3) is 0.125. The molecule has 0 aliphatic rings. The molecule has 0 atom stereocenters. The van der Waals surface area contributed by atoms with E-state index >= 15 is 0 Å². The van der Waals surface area contributed by atoms with E-state index in [0.717, 1.165) is 11.1 Å². The predicted octanol–water partition coefficient (Wildman–Crippen LogP) is 3.73. The minimum absolute atomic E-state index is 0.383. The second-order valence-corrected chi connectivity index (χ2v) is 4.19. The molecule has 2 aromatic carbocycles. The van der Waals surface area contributed by atoms with Gasteiger partial charge >= 0.3 is 0 Å². The van der Waals surface area contributed by atoms with Crippen molar-refractivity contribution in [2.45, 2.75) is 13.3 Å². The number of nitriles is 2. The fourth-order valence-corrected chi connectivity index (χ4v) is 1.71. The van der Waals surface area contributed by atoms with Gasteiger partial charge in [0.25, 0.3) is 0 Å². The van der Waals surface area contributed by atoms with Crippen LogP contribution in [-0.4, -0.2) is 0 Å². The van der Waals surface area contributed by atoms with Crippen molar-refractivity contribution in [3.8, 4) is 23.6 Å². The zero-order valence-corrected chi connectivity index (χ0v) is 10.6. The molecule has 2 aromatic rings. The maximum absolute atomic E-state index is 9.07. The van der Waals surface area contributed by atoms with Crippen LogP contribution in [0.2, 0.25) is 0 Å². The first kappa shape index (κ1) is 12.7. The molecule has 0 amide bonds. The fourth-order valence-electron chi connectivity index (χ4n) is 1.71. The summed E-state index contributed by atoms with van der Waals surface area (Å²) in [7, 11) is 0. The first-order chi connectivity index (χ1) is 9.22. The van der Waals surface area contributed by atoms with Crippen LogP contribution in [0.5, 0.6) is 11.5 Å². The van der Waals surface area contributed by atoms with Gasteiger partial charge in [-0.3, -0.25) is 0 Å². The van der Waals surface area contributed by atoms with Crippen molar-refractivity contribution in [1.82, 2.24) is 0 Å². The topological polar surface area (TPSA) is 56.8 Å². The van der Waals surface area contributed by atoms with E-state index < -0.39 is 0 Å². The SMILES string of the molecule is Cc1ccc(Oc2ccc(CC#N)cc2)c(C#N)c1. The average molecular weight is 248 g/mol. The Morgan fingerprint density at radius 3 is 2.42 bits per heavy atom. The minimum Gasteiger partial charge on any atom is -0.456 e. The minimum atomic E-state index is 0.383. The van der Waals surface area contributed by atoms with Crippen molar-refractivity contribution >= 4 is 0 Å². The number of nitrogens with zero attached hydrogens (tertiary/aromatic N) is 2. The summed E-state index contributed by atoms with van der Waals surface area (Å²) in [5.74, 6) is 1.20. The molecule has 3 nitrogen and oxygen atoms in total. The summed E-state index contributed by atoms with van der Waals surface area (Å²) in [4.78, 5) is 0. The van der Waals surface area contributed by atoms with Crippen LogP contribution in [0, 0.1) is 29.6 Å². The highest BCUT2D eigenvalue weighted by Gasteiger charge is 2.05. The third kappa shape index (κ3) is 3.12. The molecule has 0 radical (unpaired) electrons. The molecule has 0 aliphatic carbocycles. The number of rotatable bonds is 3. The van der Waals surface area contributed by atoms with Crippen LogP contribution in [-0.2, 0) is 6.42 Å². The molecular formula is C16H12N2O. The van der Waals surface area contributed by atoms with Gasteiger partial charge in [-0.1, -0.05) is 18.2 Å². The Labute approximate surface area is 112 Å². The Morgan fingerprint density at radius 1 is 1.05 bits per heavy atom. The summed E-state index contributed by atoms with van der Waals surface area (Å²) < 4.78 is 5.68. The maximum atomic E-state index is 9.07. The van der Waals surface area contributed by atoms with Gasteiger partial charge in [-0.15, -0.1) is 0 Å². The Hall–Kier alpha value is -2.78. The van der Waals surface area contributed by atoms with Crippen molar-refractivity contribution < 1.29 is 4.74 Å². The van der Waals surface area contributed by atoms with Crippen molar-refractivity contribution in [3.05, 3.63) is 59.2 Å². The molecule has 0 bridgehead atoms. The molecule has 0 N–H and O–H groups in total. The van der Waals surface area contributed by atoms with Gasteiger partial charge in [0.15, 0.2) is 0 Å². The van der Waals surface area contributed by atoms with Gasteiger partial charge in [-0.25, -0.2) is 0 Å². The highest BCUT2D eigenvalue weighted by molar-refractivity contribution is 5.47. The van der Waals surface area contributed by atoms with Crippen LogP contribution in [0.15, 0.2) is 42.5 Å². The Kier molecular flexibility index (Phi) is 3.81. The van der Waals surface area contributed by atoms with Gasteiger partial charge in [-0.2, -0.15) is 10.5 Å². The van der Waals surface area contributed by atoms with Crippen LogP contribution >= 0.6 is 0 Å². The van der Waals surface area contributed by atoms with Crippen LogP contribution in [0.25, 0.3) is 0 Å². The molecule has 92 valence electrons. The lowest BCUT2D eigenvalue weighted by atomic mass is 10.1. The predicted molar refractivity (Wildman–Crippen MR) is 71.7 cm³/mol. The summed E-state index contributed by atoms with van der Waals surface area (Å²) in [5, 5.41) is 17.7. The molecule has 19 heavy (non-hydrogen) atoms. The van der Waals surface area contributed by atoms with E-state index in [4.69, 9.17) is 15.3 Å². The number of hydrogen-bond acceptors (Lipinski definition) is 3. The first-order valence-electron chi connectivity index (χ1n) is 5.87. The molecule has 3 heteroatoms. The normalized spacial score (nSPS) is 9.42. The Morgan fingerprint density at radius 2 is 1.79 bits per heavy atom. The van der Waals surface area contributed by atoms with Crippen molar-refractivity contribution in [1.29, 1.82) is 10.5 Å². The zero-order valence-electron chi connectivity index (χ0n) is 10.6. The first-order valence-corrected chi connectivity index (χ1v) is 5.87. The molecular weight excluding hydrogens is 236 g/mol. The van der Waals surface area contributed by atoms with E-state index in [9.17, 15) is 0 Å². The molecule has 0 spiro atoms. The highest BCUT2D eigenvalue weighted by Crippen LogP contribution is 2.26. The molecule has 0 saturated carbocycles. The number of hydrogen-bond donors (Lipinski definition) is 0. The lowest BCUT2D eigenvalue weighted by Crippen LogP contribution is -1.90. The molecule has 2 rings (SSSR count). The summed E-state index contributed by atoms with van der Waals surface area (Å²) in [6.45, 7) is 1.93. The van der Waals surface area contributed by atoms with E-state index in [0.29, 0.717) is 23.5 Å². The molecule has 0 unspecified atom stereocenters. The smallest absolute Gasteiger partial charge is 0.145 e. The lowest BCUT2D eigenvalue weighted by Gasteiger charge is -2.08. The molecule has 0 aliphatic heterocycles. The van der Waals surface area contributed by atoms with Crippen molar-refractivity contribution in [3.63, 3.8) is 0 Å². The van der Waals surface area contributed by atoms with E-state index in [2.05, 4.69) is 12.1 Å². The summed E-state index contributed by atoms with van der Waals surface area (Å²) >= 11 is 0. The van der Waals surface area contributed by atoms with E-state index in [1.54, 1.807) is 24.3 Å². The quantitative estimate of drug-likeness (QED) is 0.831. The van der Waals surface area contributed by atoms with Gasteiger partial charge in [-0.05, 0) is 42.3 Å². The van der Waals surface area contributed by atoms with Crippen LogP contribution in [0.4, 0.5) is 0 Å². The summed E-state index contributed by atoms with van der Waals surface area (Å²) in [5.41, 5.74) is 2.48. The largest absolute Gasteiger partial charge is 0.456 e. The van der Waals surface area contributed by atoms with Crippen molar-refractivity contribution in [2.75, 3.05) is 0 Å². The van der Waals surface area contributed by atoms with Gasteiger partial charge in [0.1, 0.15) is 17.6 Å². The number of ether oxygens (including phenoxy) is 1. The summed E-state index contributed by atoms with van der Waals surface area (Å²) in [6.07, 6.45) is 0.383. The lowest BCUT2D eigenvalue weighted by molar-refractivity contribution is 0.481. The molecule has 0 saturated heterocycles. The van der Waals surface area contributed by atoms with Crippen LogP contribution in [0.1, 0.15) is 16.7 Å². The van der Waals surface area contributed by atoms with E-state index in [1.807, 2.05) is 25.1 Å². The molecule has 0 heterocycles. The second-order valence-electron chi connectivity index (χ2n) is 4.19. The van der Waals surface area contributed by atoms with Gasteiger partial charge < -0.3 is 4.74 Å². The second kappa shape index (κ2) is 5.71. The monoisotopic (exact) mass is 248 g/mol. The summed E-state index contributed by atoms with van der Waals surface area (Å²) in [6, 6.07) is 17.0. The highest BCUT2D eigenvalue weighted by atomic mass is 16.5. The zero-order chi connectivity index (χ0) is 13.7. The average Bonchev–Trinajstić information content (AvgIpc) is 2.43. The third-order valence-electron chi connectivity index (χ3n) is 2.69. The molecule has 0 fully saturated rings. The van der Waals surface area contributed by atoms with Gasteiger partial charge in [0, 0.05) is 0 Å². The third-order valence-corrected chi connectivity index (χ3v) is 2.69. The standard InChI is InChI=1S/C16H12N2O/c1-12-2-7-16(14(10-12)11-18)19-15-5-3-13(4-6-15)8-9-17/h2-7,10H,8H2,1H3. The Bertz CT molecular complexity index is 661. The van der Waals surface area contributed by atoms with Gasteiger partial charge in [0.05, 0.1) is 18.1 Å². The number of benzene rings is 2. The van der Waals surface area contributed by atoms with Crippen LogP contribution in [0.3, 0.4) is 0 Å². The van der Waals surface area contributed by atoms with E-state index in [1.165, 1.54) is 0 Å². The van der Waals surface area contributed by atoms with Crippen molar-refractivity contribution in [2.24, 2.45) is 0 Å². The van der Waals surface area contributed by atoms with Crippen LogP contribution < -0.4 is 4.74 Å². The van der Waals surface area contributed by atoms with Gasteiger partial charge in [0.2, 0.25) is 0 Å². The van der Waals surface area contributed by atoms with E-state index in [-0.39, 0.29) is 0 Å².